The Morgan fingerprint density at radius 2 is 1.85 bits per heavy atom. The second-order valence-electron chi connectivity index (χ2n) is 5.88. The van der Waals surface area contributed by atoms with E-state index in [0.717, 1.165) is 21.3 Å². The van der Waals surface area contributed by atoms with E-state index in [1.807, 2.05) is 74.4 Å². The minimum absolute atomic E-state index is 0. The van der Waals surface area contributed by atoms with Crippen LogP contribution >= 0.6 is 39.9 Å². The Balaban J connectivity index is 0.00000338. The summed E-state index contributed by atoms with van der Waals surface area (Å²) in [6, 6.07) is 15.8. The van der Waals surface area contributed by atoms with Gasteiger partial charge in [-0.15, -0.1) is 24.0 Å². The first kappa shape index (κ1) is 22.4. The Morgan fingerprint density at radius 1 is 1.15 bits per heavy atom. The molecule has 2 rings (SSSR count). The van der Waals surface area contributed by atoms with Crippen LogP contribution in [0.25, 0.3) is 0 Å². The molecule has 2 N–H and O–H groups in total. The number of benzene rings is 2. The summed E-state index contributed by atoms with van der Waals surface area (Å²) in [5.74, 6) is 0.556. The standard InChI is InChI=1S/C19H23BrN4O.HI/c1-14-9-10-16(20)11-17(14)23-18(25)13-22-19(24(2)3)21-12-15-7-5-4-6-8-15;/h4-11H,12-13H2,1-3H3,(H,21,22)(H,23,25);1H. The number of guanidine groups is 1. The molecule has 26 heavy (non-hydrogen) atoms. The van der Waals surface area contributed by atoms with Gasteiger partial charge in [-0.05, 0) is 30.2 Å². The highest BCUT2D eigenvalue weighted by atomic mass is 127. The maximum absolute atomic E-state index is 12.2. The van der Waals surface area contributed by atoms with Crippen LogP contribution in [0, 0.1) is 6.92 Å². The van der Waals surface area contributed by atoms with E-state index in [2.05, 4.69) is 31.6 Å². The maximum atomic E-state index is 12.2. The van der Waals surface area contributed by atoms with Gasteiger partial charge in [-0.2, -0.15) is 0 Å². The number of nitrogens with one attached hydrogen (secondary N) is 2. The number of rotatable bonds is 5. The van der Waals surface area contributed by atoms with Crippen molar-refractivity contribution in [2.24, 2.45) is 4.99 Å². The molecule has 0 spiro atoms. The predicted octanol–water partition coefficient (Wildman–Crippen LogP) is 4.02. The molecular weight excluding hydrogens is 507 g/mol. The van der Waals surface area contributed by atoms with E-state index in [4.69, 9.17) is 0 Å². The zero-order valence-corrected chi connectivity index (χ0v) is 19.0. The van der Waals surface area contributed by atoms with E-state index < -0.39 is 0 Å². The third-order valence-corrected chi connectivity index (χ3v) is 4.05. The number of anilines is 1. The molecule has 0 atom stereocenters. The molecule has 0 aliphatic carbocycles. The SMILES string of the molecule is Cc1ccc(Br)cc1NC(=O)CNC(=NCc1ccccc1)N(C)C.I. The highest BCUT2D eigenvalue weighted by Crippen LogP contribution is 2.20. The summed E-state index contributed by atoms with van der Waals surface area (Å²) in [4.78, 5) is 18.6. The van der Waals surface area contributed by atoms with Gasteiger partial charge in [0.05, 0.1) is 13.1 Å². The van der Waals surface area contributed by atoms with Gasteiger partial charge in [-0.3, -0.25) is 4.79 Å². The molecule has 0 bridgehead atoms. The Morgan fingerprint density at radius 3 is 2.50 bits per heavy atom. The Bertz CT molecular complexity index is 750. The zero-order chi connectivity index (χ0) is 18.2. The van der Waals surface area contributed by atoms with E-state index in [9.17, 15) is 4.79 Å². The molecule has 140 valence electrons. The summed E-state index contributed by atoms with van der Waals surface area (Å²) >= 11 is 3.42. The number of hydrogen-bond donors (Lipinski definition) is 2. The number of carbonyl (C=O) groups is 1. The van der Waals surface area contributed by atoms with Gasteiger partial charge in [0.25, 0.3) is 0 Å². The molecule has 2 aromatic rings. The molecule has 2 aromatic carbocycles. The summed E-state index contributed by atoms with van der Waals surface area (Å²) in [5.41, 5.74) is 2.94. The van der Waals surface area contributed by atoms with Crippen LogP contribution in [-0.4, -0.2) is 37.4 Å². The predicted molar refractivity (Wildman–Crippen MR) is 122 cm³/mol. The van der Waals surface area contributed by atoms with Gasteiger partial charge < -0.3 is 15.5 Å². The summed E-state index contributed by atoms with van der Waals surface area (Å²) in [5, 5.41) is 6.01. The topological polar surface area (TPSA) is 56.7 Å². The summed E-state index contributed by atoms with van der Waals surface area (Å²) in [6.45, 7) is 2.67. The average Bonchev–Trinajstić information content (AvgIpc) is 2.58. The highest BCUT2D eigenvalue weighted by molar-refractivity contribution is 14.0. The molecule has 0 radical (unpaired) electrons. The number of aliphatic imine (C=N–C) groups is 1. The number of halogens is 2. The molecule has 0 saturated heterocycles. The van der Waals surface area contributed by atoms with E-state index in [1.165, 1.54) is 0 Å². The molecule has 1 amide bonds. The fraction of sp³-hybridized carbons (Fsp3) is 0.263. The summed E-state index contributed by atoms with van der Waals surface area (Å²) < 4.78 is 0.930. The van der Waals surface area contributed by atoms with Gasteiger partial charge >= 0.3 is 0 Å². The third-order valence-electron chi connectivity index (χ3n) is 3.56. The quantitative estimate of drug-likeness (QED) is 0.349. The van der Waals surface area contributed by atoms with Crippen molar-refractivity contribution in [2.45, 2.75) is 13.5 Å². The van der Waals surface area contributed by atoms with Crippen molar-refractivity contribution in [1.29, 1.82) is 0 Å². The van der Waals surface area contributed by atoms with Crippen molar-refractivity contribution < 1.29 is 4.79 Å². The normalized spacial score (nSPS) is 10.7. The van der Waals surface area contributed by atoms with Crippen LogP contribution in [0.1, 0.15) is 11.1 Å². The van der Waals surface area contributed by atoms with Gasteiger partial charge in [0.1, 0.15) is 0 Å². The van der Waals surface area contributed by atoms with Crippen molar-refractivity contribution in [1.82, 2.24) is 10.2 Å². The smallest absolute Gasteiger partial charge is 0.243 e. The molecule has 0 heterocycles. The number of carbonyl (C=O) groups excluding carboxylic acids is 1. The molecule has 0 unspecified atom stereocenters. The Kier molecular flexibility index (Phi) is 9.64. The Labute approximate surface area is 180 Å². The van der Waals surface area contributed by atoms with Crippen molar-refractivity contribution >= 4 is 57.5 Å². The van der Waals surface area contributed by atoms with E-state index in [0.29, 0.717) is 12.5 Å². The van der Waals surface area contributed by atoms with Crippen molar-refractivity contribution in [3.05, 3.63) is 64.1 Å². The number of nitrogens with zero attached hydrogens (tertiary/aromatic N) is 2. The number of aryl methyl sites for hydroxylation is 1. The molecule has 0 aromatic heterocycles. The van der Waals surface area contributed by atoms with Crippen LogP contribution in [0.4, 0.5) is 5.69 Å². The molecule has 0 saturated carbocycles. The monoisotopic (exact) mass is 530 g/mol. The van der Waals surface area contributed by atoms with Crippen molar-refractivity contribution in [3.63, 3.8) is 0 Å². The molecule has 0 fully saturated rings. The minimum atomic E-state index is -0.115. The molecule has 5 nitrogen and oxygen atoms in total. The zero-order valence-electron chi connectivity index (χ0n) is 15.1. The minimum Gasteiger partial charge on any atom is -0.349 e. The van der Waals surface area contributed by atoms with Crippen LogP contribution in [0.5, 0.6) is 0 Å². The fourth-order valence-electron chi connectivity index (χ4n) is 2.19. The van der Waals surface area contributed by atoms with Gasteiger partial charge in [0, 0.05) is 24.3 Å². The van der Waals surface area contributed by atoms with Crippen LogP contribution in [0.2, 0.25) is 0 Å². The number of amides is 1. The second-order valence-corrected chi connectivity index (χ2v) is 6.80. The van der Waals surface area contributed by atoms with Gasteiger partial charge in [0.2, 0.25) is 5.91 Å². The van der Waals surface area contributed by atoms with E-state index in [-0.39, 0.29) is 36.4 Å². The van der Waals surface area contributed by atoms with Gasteiger partial charge in [-0.1, -0.05) is 52.3 Å². The van der Waals surface area contributed by atoms with Gasteiger partial charge in [-0.25, -0.2) is 4.99 Å². The Hall–Kier alpha value is -1.61. The lowest BCUT2D eigenvalue weighted by Gasteiger charge is -2.18. The lowest BCUT2D eigenvalue weighted by molar-refractivity contribution is -0.115. The molecular formula is C19H24BrIN4O. The van der Waals surface area contributed by atoms with Gasteiger partial charge in [0.15, 0.2) is 5.96 Å². The number of hydrogen-bond acceptors (Lipinski definition) is 2. The van der Waals surface area contributed by atoms with E-state index in [1.54, 1.807) is 0 Å². The van der Waals surface area contributed by atoms with Crippen LogP contribution in [0.15, 0.2) is 58.0 Å². The second kappa shape index (κ2) is 11.2. The molecule has 0 aliphatic heterocycles. The lowest BCUT2D eigenvalue weighted by atomic mass is 10.2. The first-order valence-corrected chi connectivity index (χ1v) is 8.80. The molecule has 7 heteroatoms. The van der Waals surface area contributed by atoms with E-state index >= 15 is 0 Å². The third kappa shape index (κ3) is 7.33. The maximum Gasteiger partial charge on any atom is 0.243 e. The first-order chi connectivity index (χ1) is 12.0. The highest BCUT2D eigenvalue weighted by Gasteiger charge is 2.08. The van der Waals surface area contributed by atoms with Crippen LogP contribution in [-0.2, 0) is 11.3 Å². The molecule has 0 aliphatic rings. The first-order valence-electron chi connectivity index (χ1n) is 8.01. The van der Waals surface area contributed by atoms with Crippen molar-refractivity contribution in [3.8, 4) is 0 Å². The van der Waals surface area contributed by atoms with Crippen LogP contribution in [0.3, 0.4) is 0 Å². The lowest BCUT2D eigenvalue weighted by Crippen LogP contribution is -2.40. The summed E-state index contributed by atoms with van der Waals surface area (Å²) in [7, 11) is 3.79. The summed E-state index contributed by atoms with van der Waals surface area (Å²) in [6.07, 6.45) is 0. The van der Waals surface area contributed by atoms with Crippen LogP contribution < -0.4 is 10.6 Å². The average molecular weight is 531 g/mol. The van der Waals surface area contributed by atoms with Crippen molar-refractivity contribution in [2.75, 3.05) is 26.0 Å². The largest absolute Gasteiger partial charge is 0.349 e. The fourth-order valence-corrected chi connectivity index (χ4v) is 2.55.